The van der Waals surface area contributed by atoms with E-state index in [4.69, 9.17) is 4.74 Å². The third kappa shape index (κ3) is 5.38. The first-order valence-corrected chi connectivity index (χ1v) is 11.9. The number of hydrogen-bond donors (Lipinski definition) is 1. The maximum Gasteiger partial charge on any atom is 0.338 e. The molecule has 180 valence electrons. The fourth-order valence-electron chi connectivity index (χ4n) is 4.63. The van der Waals surface area contributed by atoms with Gasteiger partial charge >= 0.3 is 12.0 Å². The summed E-state index contributed by atoms with van der Waals surface area (Å²) in [5.74, 6) is -0.251. The van der Waals surface area contributed by atoms with Gasteiger partial charge in [-0.1, -0.05) is 30.7 Å². The van der Waals surface area contributed by atoms with Gasteiger partial charge in [0.2, 0.25) is 5.91 Å². The molecule has 33 heavy (non-hydrogen) atoms. The molecule has 0 aliphatic carbocycles. The number of nitrogens with zero attached hydrogens (tertiary/aromatic N) is 3. The number of ether oxygens (including phenoxy) is 1. The predicted molar refractivity (Wildman–Crippen MR) is 127 cm³/mol. The summed E-state index contributed by atoms with van der Waals surface area (Å²) in [6.07, 6.45) is 0.500. The van der Waals surface area contributed by atoms with Crippen LogP contribution in [0.3, 0.4) is 0 Å². The van der Waals surface area contributed by atoms with Crippen molar-refractivity contribution in [2.75, 3.05) is 45.9 Å². The number of hydrogen-bond acceptors (Lipinski definition) is 5. The molecule has 1 fully saturated rings. The van der Waals surface area contributed by atoms with E-state index >= 15 is 0 Å². The molecule has 0 aromatic heterocycles. The molecule has 2 heterocycles. The van der Waals surface area contributed by atoms with Crippen molar-refractivity contribution in [1.29, 1.82) is 0 Å². The molecule has 8 nitrogen and oxygen atoms in total. The molecule has 3 amide bonds. The lowest BCUT2D eigenvalue weighted by atomic mass is 9.90. The number of likely N-dealkylation sites (N-methyl/N-ethyl adjacent to an activating group) is 1. The van der Waals surface area contributed by atoms with Gasteiger partial charge in [0.05, 0.1) is 18.2 Å². The minimum Gasteiger partial charge on any atom is -0.463 e. The summed E-state index contributed by atoms with van der Waals surface area (Å²) in [7, 11) is 0. The van der Waals surface area contributed by atoms with Crippen molar-refractivity contribution in [2.24, 2.45) is 0 Å². The molecule has 1 unspecified atom stereocenters. The van der Waals surface area contributed by atoms with Crippen molar-refractivity contribution < 1.29 is 19.1 Å². The number of nitrogens with one attached hydrogen (secondary N) is 1. The monoisotopic (exact) mass is 456 g/mol. The molecule has 2 aliphatic rings. The van der Waals surface area contributed by atoms with E-state index < -0.39 is 12.0 Å². The van der Waals surface area contributed by atoms with E-state index in [1.54, 1.807) is 11.8 Å². The number of piperazine rings is 1. The second kappa shape index (κ2) is 10.8. The number of amides is 3. The van der Waals surface area contributed by atoms with Crippen LogP contribution in [0.15, 0.2) is 29.5 Å². The Balaban J connectivity index is 2.00. The number of urea groups is 1. The Bertz CT molecular complexity index is 934. The molecule has 0 spiro atoms. The maximum absolute atomic E-state index is 13.2. The minimum atomic E-state index is -0.571. The zero-order chi connectivity index (χ0) is 24.1. The van der Waals surface area contributed by atoms with E-state index in [1.165, 1.54) is 0 Å². The molecule has 0 bridgehead atoms. The number of aryl methyl sites for hydroxylation is 2. The highest BCUT2D eigenvalue weighted by atomic mass is 16.5. The van der Waals surface area contributed by atoms with Crippen LogP contribution in [0.1, 0.15) is 49.9 Å². The normalized spacial score (nSPS) is 19.5. The summed E-state index contributed by atoms with van der Waals surface area (Å²) in [6, 6.07) is 5.24. The summed E-state index contributed by atoms with van der Waals surface area (Å²) in [5.41, 5.74) is 4.19. The van der Waals surface area contributed by atoms with Crippen molar-refractivity contribution in [3.63, 3.8) is 0 Å². The van der Waals surface area contributed by atoms with Gasteiger partial charge in [-0.15, -0.1) is 0 Å². The SMILES string of the molecule is CCOC(=O)C1=C(CN2CCN(C(=O)CC)CC2)N(CC)C(=O)NC1c1ccc(C)cc1C. The molecule has 2 aliphatic heterocycles. The summed E-state index contributed by atoms with van der Waals surface area (Å²) in [4.78, 5) is 44.1. The molecule has 1 N–H and O–H groups in total. The van der Waals surface area contributed by atoms with Crippen LogP contribution in [0.4, 0.5) is 4.79 Å². The molecule has 0 radical (unpaired) electrons. The van der Waals surface area contributed by atoms with Crippen molar-refractivity contribution >= 4 is 17.9 Å². The van der Waals surface area contributed by atoms with E-state index in [0.29, 0.717) is 57.0 Å². The van der Waals surface area contributed by atoms with Gasteiger partial charge in [0.1, 0.15) is 0 Å². The molecular formula is C25H36N4O4. The zero-order valence-corrected chi connectivity index (χ0v) is 20.4. The van der Waals surface area contributed by atoms with Gasteiger partial charge in [0.25, 0.3) is 0 Å². The van der Waals surface area contributed by atoms with Crippen LogP contribution < -0.4 is 5.32 Å². The average molecular weight is 457 g/mol. The van der Waals surface area contributed by atoms with E-state index in [2.05, 4.69) is 16.3 Å². The summed E-state index contributed by atoms with van der Waals surface area (Å²) in [5, 5.41) is 3.04. The van der Waals surface area contributed by atoms with E-state index in [0.717, 1.165) is 16.7 Å². The fraction of sp³-hybridized carbons (Fsp3) is 0.560. The minimum absolute atomic E-state index is 0.156. The van der Waals surface area contributed by atoms with Gasteiger partial charge in [-0.25, -0.2) is 9.59 Å². The van der Waals surface area contributed by atoms with E-state index in [1.807, 2.05) is 44.7 Å². The number of carbonyl (C=O) groups excluding carboxylic acids is 3. The Kier molecular flexibility index (Phi) is 8.13. The molecule has 1 aromatic carbocycles. The fourth-order valence-corrected chi connectivity index (χ4v) is 4.63. The lowest BCUT2D eigenvalue weighted by Gasteiger charge is -2.40. The van der Waals surface area contributed by atoms with Crippen LogP contribution in [0.5, 0.6) is 0 Å². The van der Waals surface area contributed by atoms with Crippen LogP contribution in [0.25, 0.3) is 0 Å². The lowest BCUT2D eigenvalue weighted by molar-refractivity contribution is -0.139. The summed E-state index contributed by atoms with van der Waals surface area (Å²) in [6.45, 7) is 13.4. The standard InChI is InChI=1S/C25H36N4O4/c1-6-21(30)28-13-11-27(12-14-28)16-20-22(24(31)33-8-3)23(26-25(32)29(20)7-2)19-10-9-17(4)15-18(19)5/h9-10,15,23H,6-8,11-14,16H2,1-5H3,(H,26,32). The second-order valence-corrected chi connectivity index (χ2v) is 8.58. The molecule has 3 rings (SSSR count). The zero-order valence-electron chi connectivity index (χ0n) is 20.4. The molecular weight excluding hydrogens is 420 g/mol. The van der Waals surface area contributed by atoms with Gasteiger partial charge in [0, 0.05) is 51.4 Å². The molecule has 0 saturated carbocycles. The lowest BCUT2D eigenvalue weighted by Crippen LogP contribution is -2.53. The second-order valence-electron chi connectivity index (χ2n) is 8.58. The van der Waals surface area contributed by atoms with Crippen LogP contribution in [0.2, 0.25) is 0 Å². The van der Waals surface area contributed by atoms with Crippen molar-refractivity contribution in [1.82, 2.24) is 20.0 Å². The highest BCUT2D eigenvalue weighted by Gasteiger charge is 2.39. The highest BCUT2D eigenvalue weighted by molar-refractivity contribution is 5.95. The molecule has 1 saturated heterocycles. The predicted octanol–water partition coefficient (Wildman–Crippen LogP) is 2.76. The largest absolute Gasteiger partial charge is 0.463 e. The molecule has 8 heteroatoms. The average Bonchev–Trinajstić information content (AvgIpc) is 2.79. The quantitative estimate of drug-likeness (QED) is 0.638. The molecule has 1 aromatic rings. The van der Waals surface area contributed by atoms with Crippen molar-refractivity contribution in [3.05, 3.63) is 46.2 Å². The summed E-state index contributed by atoms with van der Waals surface area (Å²) < 4.78 is 5.46. The summed E-state index contributed by atoms with van der Waals surface area (Å²) >= 11 is 0. The third-order valence-electron chi connectivity index (χ3n) is 6.39. The Labute approximate surface area is 196 Å². The van der Waals surface area contributed by atoms with Gasteiger partial charge in [0.15, 0.2) is 0 Å². The number of rotatable bonds is 7. The van der Waals surface area contributed by atoms with Crippen LogP contribution in [-0.4, -0.2) is 78.5 Å². The first-order chi connectivity index (χ1) is 15.8. The Hall–Kier alpha value is -2.87. The topological polar surface area (TPSA) is 82.2 Å². The van der Waals surface area contributed by atoms with Gasteiger partial charge < -0.3 is 15.0 Å². The van der Waals surface area contributed by atoms with E-state index in [-0.39, 0.29) is 18.5 Å². The third-order valence-corrected chi connectivity index (χ3v) is 6.39. The smallest absolute Gasteiger partial charge is 0.338 e. The first-order valence-electron chi connectivity index (χ1n) is 11.9. The van der Waals surface area contributed by atoms with Gasteiger partial charge in [-0.05, 0) is 38.8 Å². The first kappa shape index (κ1) is 24.8. The van der Waals surface area contributed by atoms with E-state index in [9.17, 15) is 14.4 Å². The van der Waals surface area contributed by atoms with Gasteiger partial charge in [-0.2, -0.15) is 0 Å². The highest BCUT2D eigenvalue weighted by Crippen LogP contribution is 2.34. The van der Waals surface area contributed by atoms with Crippen LogP contribution in [0, 0.1) is 13.8 Å². The number of esters is 1. The van der Waals surface area contributed by atoms with Crippen LogP contribution in [-0.2, 0) is 14.3 Å². The Morgan fingerprint density at radius 3 is 2.36 bits per heavy atom. The Morgan fingerprint density at radius 1 is 1.09 bits per heavy atom. The number of benzene rings is 1. The maximum atomic E-state index is 13.2. The van der Waals surface area contributed by atoms with Gasteiger partial charge in [-0.3, -0.25) is 14.6 Å². The van der Waals surface area contributed by atoms with Crippen LogP contribution >= 0.6 is 0 Å². The molecule has 1 atom stereocenters. The number of carbonyl (C=O) groups is 3. The Morgan fingerprint density at radius 2 is 1.79 bits per heavy atom. The van der Waals surface area contributed by atoms with Crippen molar-refractivity contribution in [3.8, 4) is 0 Å². The van der Waals surface area contributed by atoms with Crippen molar-refractivity contribution in [2.45, 2.75) is 47.1 Å².